The predicted molar refractivity (Wildman–Crippen MR) is 147 cm³/mol. The van der Waals surface area contributed by atoms with Crippen LogP contribution in [0.1, 0.15) is 17.5 Å². The van der Waals surface area contributed by atoms with Gasteiger partial charge in [-0.05, 0) is 24.3 Å². The lowest BCUT2D eigenvalue weighted by molar-refractivity contribution is -0.116. The van der Waals surface area contributed by atoms with E-state index in [2.05, 4.69) is 25.7 Å². The van der Waals surface area contributed by atoms with Crippen LogP contribution >= 0.6 is 11.6 Å². The lowest BCUT2D eigenvalue weighted by Crippen LogP contribution is -2.36. The van der Waals surface area contributed by atoms with Gasteiger partial charge in [-0.1, -0.05) is 65.2 Å². The summed E-state index contributed by atoms with van der Waals surface area (Å²) in [6.07, 6.45) is -0.553. The molecule has 2 aliphatic heterocycles. The number of carbonyl (C=O) groups excluding carboxylic acids is 1. The fraction of sp³-hybridized carbons (Fsp3) is 0.214. The second-order valence-corrected chi connectivity index (χ2v) is 9.38. The molecular formula is C28H25ClN6O3. The quantitative estimate of drug-likeness (QED) is 0.381. The van der Waals surface area contributed by atoms with Gasteiger partial charge in [0.15, 0.2) is 0 Å². The second kappa shape index (κ2) is 10.6. The van der Waals surface area contributed by atoms with Crippen LogP contribution in [-0.2, 0) is 9.53 Å². The Morgan fingerprint density at radius 2 is 1.74 bits per heavy atom. The molecule has 0 radical (unpaired) electrons. The molecule has 3 heterocycles. The standard InChI is InChI=1S/C28H25ClN6O3/c29-22-16-19(35-12-14-37-15-13-35)10-11-20(22)27-33-34-28(38-27)32-24-17-25(36)30-23-9-5-4-8-21(23)26(31-24)18-6-2-1-3-7-18/h1-11,16,24H,12-15,17H2,(H,30,36)(H,32,34). The molecule has 9 nitrogen and oxygen atoms in total. The Morgan fingerprint density at radius 3 is 2.55 bits per heavy atom. The molecule has 2 aliphatic rings. The predicted octanol–water partition coefficient (Wildman–Crippen LogP) is 4.84. The van der Waals surface area contributed by atoms with Gasteiger partial charge >= 0.3 is 6.01 Å². The minimum Gasteiger partial charge on any atom is -0.403 e. The summed E-state index contributed by atoms with van der Waals surface area (Å²) in [7, 11) is 0. The van der Waals surface area contributed by atoms with Crippen molar-refractivity contribution in [2.75, 3.05) is 41.8 Å². The number of aromatic nitrogens is 2. The number of nitrogens with zero attached hydrogens (tertiary/aromatic N) is 4. The highest BCUT2D eigenvalue weighted by Crippen LogP contribution is 2.32. The van der Waals surface area contributed by atoms with Gasteiger partial charge in [0.05, 0.1) is 41.6 Å². The molecule has 0 aliphatic carbocycles. The first-order chi connectivity index (χ1) is 18.6. The van der Waals surface area contributed by atoms with E-state index >= 15 is 0 Å². The van der Waals surface area contributed by atoms with Gasteiger partial charge in [0.25, 0.3) is 5.89 Å². The van der Waals surface area contributed by atoms with E-state index in [1.807, 2.05) is 72.8 Å². The Hall–Kier alpha value is -4.21. The monoisotopic (exact) mass is 528 g/mol. The molecule has 1 amide bonds. The summed E-state index contributed by atoms with van der Waals surface area (Å²) in [4.78, 5) is 19.9. The number of anilines is 3. The van der Waals surface area contributed by atoms with Gasteiger partial charge in [0, 0.05) is 29.9 Å². The van der Waals surface area contributed by atoms with Gasteiger partial charge in [0.1, 0.15) is 6.17 Å². The number of amides is 1. The molecule has 2 N–H and O–H groups in total. The Bertz CT molecular complexity index is 1480. The molecule has 1 fully saturated rings. The van der Waals surface area contributed by atoms with E-state index < -0.39 is 6.17 Å². The van der Waals surface area contributed by atoms with Gasteiger partial charge in [-0.15, -0.1) is 5.10 Å². The Labute approximate surface area is 224 Å². The maximum Gasteiger partial charge on any atom is 0.317 e. The minimum atomic E-state index is -0.633. The minimum absolute atomic E-state index is 0.0807. The molecule has 0 bridgehead atoms. The van der Waals surface area contributed by atoms with E-state index in [0.29, 0.717) is 29.5 Å². The summed E-state index contributed by atoms with van der Waals surface area (Å²) in [5.74, 6) is 0.103. The highest BCUT2D eigenvalue weighted by molar-refractivity contribution is 6.33. The van der Waals surface area contributed by atoms with Crippen molar-refractivity contribution in [1.29, 1.82) is 0 Å². The van der Waals surface area contributed by atoms with Crippen molar-refractivity contribution in [1.82, 2.24) is 10.2 Å². The zero-order valence-electron chi connectivity index (χ0n) is 20.4. The number of aliphatic imine (C=N–C) groups is 1. The van der Waals surface area contributed by atoms with Crippen LogP contribution in [0.15, 0.2) is 82.2 Å². The summed E-state index contributed by atoms with van der Waals surface area (Å²) in [5.41, 5.74) is 4.87. The number of benzene rings is 3. The van der Waals surface area contributed by atoms with Crippen LogP contribution in [0.3, 0.4) is 0 Å². The molecule has 6 rings (SSSR count). The van der Waals surface area contributed by atoms with Gasteiger partial charge in [-0.3, -0.25) is 9.79 Å². The smallest absolute Gasteiger partial charge is 0.317 e. The molecule has 1 unspecified atom stereocenters. The normalized spacial score (nSPS) is 17.6. The van der Waals surface area contributed by atoms with Crippen molar-refractivity contribution in [2.24, 2.45) is 4.99 Å². The third kappa shape index (κ3) is 5.11. The lowest BCUT2D eigenvalue weighted by Gasteiger charge is -2.29. The molecule has 0 spiro atoms. The molecular weight excluding hydrogens is 504 g/mol. The zero-order chi connectivity index (χ0) is 25.9. The summed E-state index contributed by atoms with van der Waals surface area (Å²) in [6.45, 7) is 3.01. The molecule has 4 aromatic rings. The van der Waals surface area contributed by atoms with Crippen LogP contribution < -0.4 is 15.5 Å². The first-order valence-corrected chi connectivity index (χ1v) is 12.8. The summed E-state index contributed by atoms with van der Waals surface area (Å²) >= 11 is 6.60. The van der Waals surface area contributed by atoms with Gasteiger partial charge in [-0.2, -0.15) is 0 Å². The van der Waals surface area contributed by atoms with Crippen molar-refractivity contribution in [2.45, 2.75) is 12.6 Å². The maximum atomic E-state index is 12.8. The number of hydrogen-bond donors (Lipinski definition) is 2. The molecule has 3 aromatic carbocycles. The molecule has 1 atom stereocenters. The van der Waals surface area contributed by atoms with Crippen LogP contribution in [0.25, 0.3) is 11.5 Å². The third-order valence-corrected chi connectivity index (χ3v) is 6.75. The Kier molecular flexibility index (Phi) is 6.76. The number of rotatable bonds is 5. The fourth-order valence-corrected chi connectivity index (χ4v) is 4.84. The van der Waals surface area contributed by atoms with Crippen molar-refractivity contribution in [3.8, 4) is 11.5 Å². The molecule has 38 heavy (non-hydrogen) atoms. The Balaban J connectivity index is 1.28. The number of ether oxygens (including phenoxy) is 1. The number of carbonyl (C=O) groups is 1. The summed E-state index contributed by atoms with van der Waals surface area (Å²) in [6, 6.07) is 23.4. The Morgan fingerprint density at radius 1 is 0.947 bits per heavy atom. The SMILES string of the molecule is O=C1CC(Nc2nnc(-c3ccc(N4CCOCC4)cc3Cl)o2)N=C(c2ccccc2)c2ccccc2N1. The molecule has 1 aromatic heterocycles. The number of nitrogens with one attached hydrogen (secondary N) is 2. The van der Waals surface area contributed by atoms with Gasteiger partial charge < -0.3 is 24.7 Å². The number of morpholine rings is 1. The number of hydrogen-bond acceptors (Lipinski definition) is 8. The van der Waals surface area contributed by atoms with Crippen LogP contribution in [0, 0.1) is 0 Å². The first kappa shape index (κ1) is 24.1. The topological polar surface area (TPSA) is 105 Å². The van der Waals surface area contributed by atoms with Crippen LogP contribution in [-0.4, -0.2) is 54.3 Å². The molecule has 1 saturated heterocycles. The van der Waals surface area contributed by atoms with E-state index in [-0.39, 0.29) is 24.2 Å². The van der Waals surface area contributed by atoms with Crippen LogP contribution in [0.2, 0.25) is 5.02 Å². The molecule has 192 valence electrons. The van der Waals surface area contributed by atoms with Crippen molar-refractivity contribution in [3.05, 3.63) is 88.9 Å². The van der Waals surface area contributed by atoms with E-state index in [1.165, 1.54) is 0 Å². The largest absolute Gasteiger partial charge is 0.403 e. The average Bonchev–Trinajstić information content (AvgIpc) is 3.40. The number of fused-ring (bicyclic) bond motifs is 1. The summed E-state index contributed by atoms with van der Waals surface area (Å²) in [5, 5.41) is 15.0. The fourth-order valence-electron chi connectivity index (χ4n) is 4.58. The number of para-hydroxylation sites is 1. The molecule has 0 saturated carbocycles. The van der Waals surface area contributed by atoms with Crippen LogP contribution in [0.4, 0.5) is 17.4 Å². The van der Waals surface area contributed by atoms with E-state index in [0.717, 1.165) is 35.6 Å². The number of halogens is 1. The molecule has 10 heteroatoms. The first-order valence-electron chi connectivity index (χ1n) is 12.4. The third-order valence-electron chi connectivity index (χ3n) is 6.44. The van der Waals surface area contributed by atoms with E-state index in [4.69, 9.17) is 25.7 Å². The van der Waals surface area contributed by atoms with Crippen molar-refractivity contribution < 1.29 is 13.9 Å². The maximum absolute atomic E-state index is 12.8. The zero-order valence-corrected chi connectivity index (χ0v) is 21.2. The highest BCUT2D eigenvalue weighted by atomic mass is 35.5. The van der Waals surface area contributed by atoms with E-state index in [9.17, 15) is 4.79 Å². The lowest BCUT2D eigenvalue weighted by atomic mass is 9.99. The average molecular weight is 529 g/mol. The van der Waals surface area contributed by atoms with Gasteiger partial charge in [0.2, 0.25) is 5.91 Å². The summed E-state index contributed by atoms with van der Waals surface area (Å²) < 4.78 is 11.3. The van der Waals surface area contributed by atoms with Crippen molar-refractivity contribution >= 4 is 40.6 Å². The van der Waals surface area contributed by atoms with Crippen molar-refractivity contribution in [3.63, 3.8) is 0 Å². The van der Waals surface area contributed by atoms with E-state index in [1.54, 1.807) is 0 Å². The second-order valence-electron chi connectivity index (χ2n) is 8.98. The van der Waals surface area contributed by atoms with Crippen LogP contribution in [0.5, 0.6) is 0 Å². The highest BCUT2D eigenvalue weighted by Gasteiger charge is 2.24. The van der Waals surface area contributed by atoms with Gasteiger partial charge in [-0.25, -0.2) is 0 Å².